The van der Waals surface area contributed by atoms with Crippen molar-refractivity contribution in [1.82, 2.24) is 0 Å². The molecule has 0 spiro atoms. The molecule has 2 N–H and O–H groups in total. The molecule has 0 amide bonds. The predicted octanol–water partition coefficient (Wildman–Crippen LogP) is 3.88. The lowest BCUT2D eigenvalue weighted by Gasteiger charge is -2.27. The first-order chi connectivity index (χ1) is 8.95. The maximum absolute atomic E-state index is 6.04. The summed E-state index contributed by atoms with van der Waals surface area (Å²) in [6.07, 6.45) is 5.01. The van der Waals surface area contributed by atoms with Crippen molar-refractivity contribution in [3.05, 3.63) is 29.8 Å². The Hall–Kier alpha value is -1.02. The highest BCUT2D eigenvalue weighted by molar-refractivity contribution is 5.32. The van der Waals surface area contributed by atoms with Crippen molar-refractivity contribution in [3.8, 4) is 5.75 Å². The van der Waals surface area contributed by atoms with Crippen LogP contribution in [-0.4, -0.2) is 13.2 Å². The number of hydrogen-bond acceptors (Lipinski definition) is 2. The van der Waals surface area contributed by atoms with Crippen LogP contribution in [0.3, 0.4) is 0 Å². The van der Waals surface area contributed by atoms with Gasteiger partial charge in [0.05, 0.1) is 6.61 Å². The Balaban J connectivity index is 2.03. The third-order valence-electron chi connectivity index (χ3n) is 4.34. The molecular formula is C17H27NO. The Morgan fingerprint density at radius 3 is 2.47 bits per heavy atom. The maximum atomic E-state index is 6.04. The molecule has 0 aromatic heterocycles. The molecule has 1 aliphatic carbocycles. The van der Waals surface area contributed by atoms with Gasteiger partial charge < -0.3 is 10.5 Å². The van der Waals surface area contributed by atoms with Gasteiger partial charge in [-0.15, -0.1) is 0 Å². The first-order valence-electron chi connectivity index (χ1n) is 7.39. The van der Waals surface area contributed by atoms with E-state index in [0.29, 0.717) is 0 Å². The van der Waals surface area contributed by atoms with Crippen LogP contribution < -0.4 is 10.5 Å². The highest BCUT2D eigenvalue weighted by Gasteiger charge is 2.33. The Morgan fingerprint density at radius 2 is 1.89 bits per heavy atom. The highest BCUT2D eigenvalue weighted by Crippen LogP contribution is 2.37. The molecule has 19 heavy (non-hydrogen) atoms. The summed E-state index contributed by atoms with van der Waals surface area (Å²) in [5.74, 6) is 0.979. The molecule has 0 bridgehead atoms. The quantitative estimate of drug-likeness (QED) is 0.892. The monoisotopic (exact) mass is 261 g/mol. The molecule has 0 aliphatic heterocycles. The summed E-state index contributed by atoms with van der Waals surface area (Å²) in [6, 6.07) is 8.47. The van der Waals surface area contributed by atoms with Gasteiger partial charge in [0.15, 0.2) is 0 Å². The van der Waals surface area contributed by atoms with Crippen LogP contribution in [0.15, 0.2) is 24.3 Å². The first-order valence-corrected chi connectivity index (χ1v) is 7.39. The molecule has 2 rings (SSSR count). The zero-order valence-electron chi connectivity index (χ0n) is 12.5. The zero-order valence-corrected chi connectivity index (χ0v) is 12.5. The van der Waals surface area contributed by atoms with Crippen LogP contribution in [0.4, 0.5) is 0 Å². The summed E-state index contributed by atoms with van der Waals surface area (Å²) < 4.78 is 6.04. The minimum absolute atomic E-state index is 0.165. The number of ether oxygens (including phenoxy) is 1. The highest BCUT2D eigenvalue weighted by atomic mass is 16.5. The smallest absolute Gasteiger partial charge is 0.119 e. The van der Waals surface area contributed by atoms with Gasteiger partial charge in [0.1, 0.15) is 5.75 Å². The van der Waals surface area contributed by atoms with Gasteiger partial charge in [0, 0.05) is 12.0 Å². The molecular weight excluding hydrogens is 234 g/mol. The van der Waals surface area contributed by atoms with E-state index in [4.69, 9.17) is 10.5 Å². The number of hydrogen-bond donors (Lipinski definition) is 1. The Bertz CT molecular complexity index is 414. The number of nitrogens with two attached hydrogens (primary N) is 1. The summed E-state index contributed by atoms with van der Waals surface area (Å²) >= 11 is 0. The number of rotatable bonds is 4. The largest absolute Gasteiger partial charge is 0.493 e. The maximum Gasteiger partial charge on any atom is 0.119 e. The van der Waals surface area contributed by atoms with Crippen LogP contribution in [0.1, 0.15) is 52.0 Å². The van der Waals surface area contributed by atoms with Gasteiger partial charge in [0.25, 0.3) is 0 Å². The normalized spacial score (nSPS) is 18.5. The van der Waals surface area contributed by atoms with Gasteiger partial charge in [0.2, 0.25) is 0 Å². The molecule has 1 aromatic carbocycles. The van der Waals surface area contributed by atoms with Crippen molar-refractivity contribution in [2.45, 2.75) is 51.9 Å². The van der Waals surface area contributed by atoms with Crippen LogP contribution in [-0.2, 0) is 5.41 Å². The van der Waals surface area contributed by atoms with Crippen molar-refractivity contribution < 1.29 is 4.74 Å². The van der Waals surface area contributed by atoms with Gasteiger partial charge in [-0.3, -0.25) is 0 Å². The van der Waals surface area contributed by atoms with Gasteiger partial charge >= 0.3 is 0 Å². The van der Waals surface area contributed by atoms with Crippen molar-refractivity contribution in [3.63, 3.8) is 0 Å². The topological polar surface area (TPSA) is 35.2 Å². The average molecular weight is 261 g/mol. The van der Waals surface area contributed by atoms with E-state index in [1.54, 1.807) is 0 Å². The summed E-state index contributed by atoms with van der Waals surface area (Å²) in [5, 5.41) is 0. The molecule has 2 heteroatoms. The minimum atomic E-state index is 0.165. The molecule has 1 fully saturated rings. The third-order valence-corrected chi connectivity index (χ3v) is 4.34. The number of benzene rings is 1. The molecule has 1 saturated carbocycles. The molecule has 106 valence electrons. The Morgan fingerprint density at radius 1 is 1.21 bits per heavy atom. The lowest BCUT2D eigenvalue weighted by molar-refractivity contribution is 0.156. The predicted molar refractivity (Wildman–Crippen MR) is 80.6 cm³/mol. The molecule has 0 radical (unpaired) electrons. The van der Waals surface area contributed by atoms with E-state index in [1.165, 1.54) is 31.2 Å². The Kier molecular flexibility index (Phi) is 4.19. The molecule has 0 heterocycles. The fourth-order valence-corrected chi connectivity index (χ4v) is 2.82. The van der Waals surface area contributed by atoms with Crippen LogP contribution >= 0.6 is 0 Å². The summed E-state index contributed by atoms with van der Waals surface area (Å²) in [5.41, 5.74) is 7.65. The van der Waals surface area contributed by atoms with Gasteiger partial charge in [-0.25, -0.2) is 0 Å². The van der Waals surface area contributed by atoms with Crippen LogP contribution in [0.25, 0.3) is 0 Å². The molecule has 0 unspecified atom stereocenters. The van der Waals surface area contributed by atoms with Crippen molar-refractivity contribution in [1.29, 1.82) is 0 Å². The lowest BCUT2D eigenvalue weighted by atomic mass is 9.86. The van der Waals surface area contributed by atoms with Crippen LogP contribution in [0.2, 0.25) is 0 Å². The molecule has 1 aliphatic rings. The van der Waals surface area contributed by atoms with E-state index in [2.05, 4.69) is 45.0 Å². The van der Waals surface area contributed by atoms with E-state index in [9.17, 15) is 0 Å². The lowest BCUT2D eigenvalue weighted by Crippen LogP contribution is -2.33. The Labute approximate surface area is 117 Å². The summed E-state index contributed by atoms with van der Waals surface area (Å²) in [4.78, 5) is 0. The van der Waals surface area contributed by atoms with E-state index in [1.807, 2.05) is 0 Å². The van der Waals surface area contributed by atoms with Crippen molar-refractivity contribution in [2.75, 3.05) is 13.2 Å². The molecule has 2 nitrogen and oxygen atoms in total. The van der Waals surface area contributed by atoms with E-state index < -0.39 is 0 Å². The summed E-state index contributed by atoms with van der Waals surface area (Å²) in [7, 11) is 0. The van der Waals surface area contributed by atoms with Crippen molar-refractivity contribution in [2.24, 2.45) is 11.1 Å². The average Bonchev–Trinajstić information content (AvgIpc) is 2.85. The molecule has 0 saturated heterocycles. The fraction of sp³-hybridized carbons (Fsp3) is 0.647. The third kappa shape index (κ3) is 3.50. The molecule has 0 atom stereocenters. The van der Waals surface area contributed by atoms with Crippen molar-refractivity contribution >= 4 is 0 Å². The van der Waals surface area contributed by atoms with E-state index in [-0.39, 0.29) is 10.8 Å². The standard InChI is InChI=1S/C17H27NO/c1-16(2,3)14-7-6-8-15(11-14)19-13-17(12-18)9-4-5-10-17/h6-8,11H,4-5,9-10,12-13,18H2,1-3H3. The first kappa shape index (κ1) is 14.4. The van der Waals surface area contributed by atoms with Crippen LogP contribution in [0.5, 0.6) is 5.75 Å². The molecule has 1 aromatic rings. The SMILES string of the molecule is CC(C)(C)c1cccc(OCC2(CN)CCCC2)c1. The zero-order chi connectivity index (χ0) is 13.9. The van der Waals surface area contributed by atoms with Gasteiger partial charge in [-0.2, -0.15) is 0 Å². The minimum Gasteiger partial charge on any atom is -0.493 e. The second kappa shape index (κ2) is 5.54. The van der Waals surface area contributed by atoms with Gasteiger partial charge in [-0.1, -0.05) is 45.7 Å². The van der Waals surface area contributed by atoms with Gasteiger partial charge in [-0.05, 0) is 36.0 Å². The van der Waals surface area contributed by atoms with E-state index in [0.717, 1.165) is 18.9 Å². The second-order valence-electron chi connectivity index (χ2n) is 6.98. The fourth-order valence-electron chi connectivity index (χ4n) is 2.82. The van der Waals surface area contributed by atoms with E-state index >= 15 is 0 Å². The van der Waals surface area contributed by atoms with Crippen LogP contribution in [0, 0.1) is 5.41 Å². The second-order valence-corrected chi connectivity index (χ2v) is 6.98. The summed E-state index contributed by atoms with van der Waals surface area (Å²) in [6.45, 7) is 8.18.